The Labute approximate surface area is 143 Å². The number of carbonyl (C=O) groups is 2. The van der Waals surface area contributed by atoms with E-state index in [0.29, 0.717) is 33.3 Å². The van der Waals surface area contributed by atoms with Gasteiger partial charge >= 0.3 is 143 Å². The zero-order valence-electron chi connectivity index (χ0n) is 13.4. The molecule has 1 fully saturated rings. The molecular weight excluding hydrogens is 383 g/mol. The van der Waals surface area contributed by atoms with Gasteiger partial charge < -0.3 is 0 Å². The van der Waals surface area contributed by atoms with Gasteiger partial charge in [0.25, 0.3) is 0 Å². The SMILES string of the molecule is COc1cc2c(=O)n(C3CCC(=O)NC3=O)[se]c2c(OC)c1OC. The molecule has 1 aliphatic heterocycles. The van der Waals surface area contributed by atoms with Crippen molar-refractivity contribution >= 4 is 36.2 Å². The summed E-state index contributed by atoms with van der Waals surface area (Å²) < 4.78 is 18.3. The van der Waals surface area contributed by atoms with Gasteiger partial charge in [-0.05, 0) is 0 Å². The van der Waals surface area contributed by atoms with Crippen molar-refractivity contribution in [3.8, 4) is 17.2 Å². The Hall–Kier alpha value is -2.25. The van der Waals surface area contributed by atoms with Crippen LogP contribution in [-0.4, -0.2) is 51.4 Å². The van der Waals surface area contributed by atoms with Crippen LogP contribution in [0.5, 0.6) is 17.2 Å². The van der Waals surface area contributed by atoms with E-state index in [9.17, 15) is 14.4 Å². The zero-order chi connectivity index (χ0) is 17.4. The van der Waals surface area contributed by atoms with E-state index in [4.69, 9.17) is 14.2 Å². The van der Waals surface area contributed by atoms with Gasteiger partial charge in [-0.3, -0.25) is 0 Å². The van der Waals surface area contributed by atoms with Crippen molar-refractivity contribution in [1.29, 1.82) is 0 Å². The summed E-state index contributed by atoms with van der Waals surface area (Å²) in [6, 6.07) is 0.955. The van der Waals surface area contributed by atoms with E-state index in [0.717, 1.165) is 0 Å². The minimum absolute atomic E-state index is 0.219. The Morgan fingerprint density at radius 2 is 1.83 bits per heavy atom. The summed E-state index contributed by atoms with van der Waals surface area (Å²) in [6.45, 7) is 0. The quantitative estimate of drug-likeness (QED) is 0.577. The van der Waals surface area contributed by atoms with E-state index >= 15 is 0 Å². The Morgan fingerprint density at radius 3 is 2.42 bits per heavy atom. The van der Waals surface area contributed by atoms with E-state index in [2.05, 4.69) is 5.32 Å². The molecule has 0 saturated carbocycles. The van der Waals surface area contributed by atoms with Crippen LogP contribution >= 0.6 is 0 Å². The number of fused-ring (bicyclic) bond motifs is 1. The maximum atomic E-state index is 12.8. The summed E-state index contributed by atoms with van der Waals surface area (Å²) in [7, 11) is 4.47. The first kappa shape index (κ1) is 16.6. The molecule has 128 valence electrons. The number of amides is 2. The van der Waals surface area contributed by atoms with Crippen molar-refractivity contribution in [1.82, 2.24) is 8.88 Å². The van der Waals surface area contributed by atoms with Gasteiger partial charge in [0.05, 0.1) is 0 Å². The van der Waals surface area contributed by atoms with Gasteiger partial charge in [-0.15, -0.1) is 0 Å². The molecule has 1 saturated heterocycles. The topological polar surface area (TPSA) is 95.9 Å². The number of hydrogen-bond acceptors (Lipinski definition) is 6. The van der Waals surface area contributed by atoms with Crippen LogP contribution in [0.4, 0.5) is 0 Å². The van der Waals surface area contributed by atoms with Crippen LogP contribution in [0.15, 0.2) is 10.9 Å². The van der Waals surface area contributed by atoms with E-state index in [1.54, 1.807) is 6.07 Å². The Bertz CT molecular complexity index is 884. The molecule has 1 aliphatic rings. The van der Waals surface area contributed by atoms with Crippen molar-refractivity contribution in [2.24, 2.45) is 0 Å². The Morgan fingerprint density at radius 1 is 1.12 bits per heavy atom. The van der Waals surface area contributed by atoms with Gasteiger partial charge in [0.1, 0.15) is 0 Å². The average molecular weight is 399 g/mol. The second-order valence-electron chi connectivity index (χ2n) is 5.21. The molecule has 0 radical (unpaired) electrons. The number of ether oxygens (including phenoxy) is 3. The molecule has 24 heavy (non-hydrogen) atoms. The number of imide groups is 1. The first-order valence-electron chi connectivity index (χ1n) is 7.20. The van der Waals surface area contributed by atoms with Crippen LogP contribution in [0.2, 0.25) is 0 Å². The maximum absolute atomic E-state index is 12.8. The van der Waals surface area contributed by atoms with Crippen LogP contribution in [0, 0.1) is 0 Å². The third-order valence-electron chi connectivity index (χ3n) is 3.90. The molecule has 8 nitrogen and oxygen atoms in total. The second kappa shape index (κ2) is 6.33. The van der Waals surface area contributed by atoms with Gasteiger partial charge in [-0.25, -0.2) is 0 Å². The first-order valence-corrected chi connectivity index (χ1v) is 8.82. The van der Waals surface area contributed by atoms with Crippen LogP contribution in [0.25, 0.3) is 9.65 Å². The molecule has 0 bridgehead atoms. The molecular formula is C15H16N2O6Se. The molecule has 1 aromatic heterocycles. The molecule has 2 heterocycles. The fraction of sp³-hybridized carbons (Fsp3) is 0.400. The third-order valence-corrected chi connectivity index (χ3v) is 6.43. The number of nitrogens with one attached hydrogen (secondary N) is 1. The molecule has 1 aromatic carbocycles. The van der Waals surface area contributed by atoms with Gasteiger partial charge in [-0.1, -0.05) is 0 Å². The van der Waals surface area contributed by atoms with Gasteiger partial charge in [0.2, 0.25) is 0 Å². The van der Waals surface area contributed by atoms with Gasteiger partial charge in [-0.2, -0.15) is 0 Å². The van der Waals surface area contributed by atoms with Crippen LogP contribution in [0.3, 0.4) is 0 Å². The second-order valence-corrected chi connectivity index (χ2v) is 7.28. The predicted molar refractivity (Wildman–Crippen MR) is 86.2 cm³/mol. The predicted octanol–water partition coefficient (Wildman–Crippen LogP) is 0.0620. The van der Waals surface area contributed by atoms with Crippen LogP contribution in [-0.2, 0) is 9.59 Å². The number of benzene rings is 1. The average Bonchev–Trinajstić information content (AvgIpc) is 2.89. The number of aromatic nitrogens is 1. The van der Waals surface area contributed by atoms with Crippen molar-refractivity contribution in [3.05, 3.63) is 16.4 Å². The molecule has 2 amide bonds. The summed E-state index contributed by atoms with van der Waals surface area (Å²) in [5.41, 5.74) is -0.265. The van der Waals surface area contributed by atoms with Gasteiger partial charge in [0.15, 0.2) is 0 Å². The van der Waals surface area contributed by atoms with Crippen molar-refractivity contribution in [2.75, 3.05) is 21.3 Å². The number of piperidine rings is 1. The number of methoxy groups -OCH3 is 3. The summed E-state index contributed by atoms with van der Waals surface area (Å²) in [6.07, 6.45) is 0.541. The molecule has 0 aliphatic carbocycles. The fourth-order valence-electron chi connectivity index (χ4n) is 2.75. The fourth-order valence-corrected chi connectivity index (χ4v) is 5.29. The van der Waals surface area contributed by atoms with E-state index in [1.807, 2.05) is 0 Å². The van der Waals surface area contributed by atoms with Crippen molar-refractivity contribution in [3.63, 3.8) is 0 Å². The van der Waals surface area contributed by atoms with E-state index in [-0.39, 0.29) is 17.9 Å². The summed E-state index contributed by atoms with van der Waals surface area (Å²) >= 11 is -0.459. The van der Waals surface area contributed by atoms with E-state index < -0.39 is 26.7 Å². The molecule has 2 aromatic rings. The zero-order valence-corrected chi connectivity index (χ0v) is 15.1. The Balaban J connectivity index is 2.22. The normalized spacial score (nSPS) is 17.7. The molecule has 3 rings (SSSR count). The van der Waals surface area contributed by atoms with E-state index in [1.165, 1.54) is 24.9 Å². The number of hydrogen-bond donors (Lipinski definition) is 1. The first-order chi connectivity index (χ1) is 11.5. The summed E-state index contributed by atoms with van der Waals surface area (Å²) in [5.74, 6) is 0.497. The summed E-state index contributed by atoms with van der Waals surface area (Å²) in [4.78, 5) is 36.2. The monoisotopic (exact) mass is 400 g/mol. The molecule has 1 unspecified atom stereocenters. The minimum atomic E-state index is -0.649. The van der Waals surface area contributed by atoms with Crippen molar-refractivity contribution in [2.45, 2.75) is 18.9 Å². The molecule has 9 heteroatoms. The van der Waals surface area contributed by atoms with Crippen LogP contribution < -0.4 is 25.1 Å². The number of rotatable bonds is 4. The van der Waals surface area contributed by atoms with Gasteiger partial charge in [0, 0.05) is 0 Å². The number of carbonyl (C=O) groups excluding carboxylic acids is 2. The Kier molecular flexibility index (Phi) is 4.38. The van der Waals surface area contributed by atoms with Crippen LogP contribution in [0.1, 0.15) is 18.9 Å². The molecule has 0 spiro atoms. The molecule has 1 N–H and O–H groups in total. The number of nitrogens with zero attached hydrogens (tertiary/aromatic N) is 1. The molecule has 1 atom stereocenters. The third kappa shape index (κ3) is 2.50. The summed E-state index contributed by atoms with van der Waals surface area (Å²) in [5, 5.41) is 2.72. The van der Waals surface area contributed by atoms with Crippen molar-refractivity contribution < 1.29 is 23.8 Å². The standard InChI is InChI=1S/C15H16N2O6Se/c1-21-9-6-7-13(12(23-3)11(9)22-2)24-17(15(7)20)8-4-5-10(18)16-14(8)19/h6,8H,4-5H2,1-3H3,(H,16,18,19).